The van der Waals surface area contributed by atoms with Gasteiger partial charge in [0.25, 0.3) is 0 Å². The van der Waals surface area contributed by atoms with Gasteiger partial charge in [0.1, 0.15) is 12.1 Å². The van der Waals surface area contributed by atoms with Gasteiger partial charge in [0, 0.05) is 61.4 Å². The van der Waals surface area contributed by atoms with Crippen LogP contribution >= 0.6 is 0 Å². The molecule has 0 atom stereocenters. The normalized spacial score (nSPS) is 11.7. The first kappa shape index (κ1) is 36.1. The van der Waals surface area contributed by atoms with Crippen molar-refractivity contribution in [2.75, 3.05) is 9.80 Å². The summed E-state index contributed by atoms with van der Waals surface area (Å²) in [4.78, 5) is 4.64. The van der Waals surface area contributed by atoms with Gasteiger partial charge >= 0.3 is 6.85 Å². The van der Waals surface area contributed by atoms with Crippen LogP contribution in [0.4, 0.5) is 34.1 Å². The molecule has 0 saturated heterocycles. The Balaban J connectivity index is 1.25. The van der Waals surface area contributed by atoms with E-state index < -0.39 is 6.85 Å². The highest BCUT2D eigenvalue weighted by atomic mass is 15.2. The fourth-order valence-corrected chi connectivity index (χ4v) is 10.0. The summed E-state index contributed by atoms with van der Waals surface area (Å²) in [5, 5.41) is 25.6. The Hall–Kier alpha value is -8.78. The molecule has 2 aromatic heterocycles. The van der Waals surface area contributed by atoms with Crippen molar-refractivity contribution < 1.29 is 0 Å². The van der Waals surface area contributed by atoms with E-state index in [9.17, 15) is 10.5 Å². The maximum Gasteiger partial charge on any atom is 0.332 e. The molecule has 7 heteroatoms. The van der Waals surface area contributed by atoms with Crippen molar-refractivity contribution in [3.8, 4) is 17.8 Å². The highest BCUT2D eigenvalue weighted by molar-refractivity contribution is 6.88. The van der Waals surface area contributed by atoms with Crippen molar-refractivity contribution >= 4 is 95.5 Å². The zero-order chi connectivity index (χ0) is 42.0. The van der Waals surface area contributed by atoms with Gasteiger partial charge in [-0.25, -0.2) is 0 Å². The zero-order valence-electron chi connectivity index (χ0n) is 34.0. The molecule has 3 heterocycles. The number of fused-ring (bicyclic) bond motifs is 8. The van der Waals surface area contributed by atoms with Gasteiger partial charge < -0.3 is 18.8 Å². The lowest BCUT2D eigenvalue weighted by Crippen LogP contribution is -2.53. The molecule has 0 fully saturated rings. The van der Waals surface area contributed by atoms with E-state index in [2.05, 4.69) is 219 Å². The second kappa shape index (κ2) is 14.5. The number of nitriles is 2. The number of anilines is 6. The van der Waals surface area contributed by atoms with E-state index in [1.54, 1.807) is 0 Å². The third kappa shape index (κ3) is 5.51. The van der Waals surface area contributed by atoms with Crippen molar-refractivity contribution in [1.82, 2.24) is 9.05 Å². The van der Waals surface area contributed by atoms with Crippen molar-refractivity contribution in [2.45, 2.75) is 0 Å². The predicted molar refractivity (Wildman–Crippen MR) is 259 cm³/mol. The average Bonchev–Trinajstić information content (AvgIpc) is 3.86. The molecule has 0 unspecified atom stereocenters. The third-order valence-corrected chi connectivity index (χ3v) is 12.5. The fourth-order valence-electron chi connectivity index (χ4n) is 10.0. The first-order valence-corrected chi connectivity index (χ1v) is 21.1. The summed E-state index contributed by atoms with van der Waals surface area (Å²) < 4.78 is 4.71. The lowest BCUT2D eigenvalue weighted by Gasteiger charge is -2.31. The topological polar surface area (TPSA) is 63.9 Å². The Morgan fingerprint density at radius 3 is 1.37 bits per heavy atom. The first-order chi connectivity index (χ1) is 31.2. The molecular weight excluding hydrogens is 767 g/mol. The number of benzene rings is 9. The lowest BCUT2D eigenvalue weighted by atomic mass is 9.48. The molecule has 1 aliphatic heterocycles. The minimum atomic E-state index is -0.414. The summed E-state index contributed by atoms with van der Waals surface area (Å²) in [6, 6.07) is 79.1. The van der Waals surface area contributed by atoms with E-state index >= 15 is 0 Å². The van der Waals surface area contributed by atoms with Gasteiger partial charge in [-0.3, -0.25) is 0 Å². The van der Waals surface area contributed by atoms with Crippen LogP contribution in [0.15, 0.2) is 212 Å². The van der Waals surface area contributed by atoms with Crippen LogP contribution in [0.3, 0.4) is 0 Å². The lowest BCUT2D eigenvalue weighted by molar-refractivity contribution is 1.17. The summed E-state index contributed by atoms with van der Waals surface area (Å²) >= 11 is 0. The van der Waals surface area contributed by atoms with Gasteiger partial charge in [0.05, 0.1) is 33.2 Å². The molecule has 0 bridgehead atoms. The molecule has 9 aromatic carbocycles. The maximum atomic E-state index is 10.8. The van der Waals surface area contributed by atoms with E-state index in [1.807, 2.05) is 24.3 Å². The number of nitrogens with zero attached hydrogens (tertiary/aromatic N) is 6. The molecule has 11 aromatic rings. The summed E-state index contributed by atoms with van der Waals surface area (Å²) in [5.74, 6) is 0. The number of rotatable bonds is 7. The van der Waals surface area contributed by atoms with E-state index in [0.29, 0.717) is 11.1 Å². The number of para-hydroxylation sites is 7. The predicted octanol–water partition coefficient (Wildman–Crippen LogP) is 12.5. The van der Waals surface area contributed by atoms with Crippen molar-refractivity contribution in [3.63, 3.8) is 0 Å². The summed E-state index contributed by atoms with van der Waals surface area (Å²) in [7, 11) is 0. The van der Waals surface area contributed by atoms with Gasteiger partial charge in [-0.2, -0.15) is 10.5 Å². The molecule has 0 amide bonds. The van der Waals surface area contributed by atoms with Crippen LogP contribution in [0.25, 0.3) is 49.3 Å². The van der Waals surface area contributed by atoms with Crippen LogP contribution in [-0.2, 0) is 0 Å². The largest absolute Gasteiger partial charge is 0.374 e. The van der Waals surface area contributed by atoms with E-state index in [1.165, 1.54) is 0 Å². The Morgan fingerprint density at radius 1 is 0.365 bits per heavy atom. The molecule has 12 rings (SSSR count). The SMILES string of the molecule is N#Cc1cccc2c3cccc(C#N)c3n(B3c4ccccc4-n4c5ccc(N(c6ccccc6)c6ccccc6)cc5c5cc(N(c6ccccc6)c6ccccc6)cc3c54)c12. The number of aromatic nitrogens is 2. The van der Waals surface area contributed by atoms with Crippen LogP contribution in [0.1, 0.15) is 11.1 Å². The van der Waals surface area contributed by atoms with Gasteiger partial charge in [-0.15, -0.1) is 0 Å². The van der Waals surface area contributed by atoms with Crippen molar-refractivity contribution in [3.05, 3.63) is 223 Å². The van der Waals surface area contributed by atoms with E-state index in [-0.39, 0.29) is 0 Å². The summed E-state index contributed by atoms with van der Waals surface area (Å²) in [6.07, 6.45) is 0. The second-order valence-corrected chi connectivity index (χ2v) is 15.9. The van der Waals surface area contributed by atoms with Gasteiger partial charge in [-0.1, -0.05) is 115 Å². The summed E-state index contributed by atoms with van der Waals surface area (Å²) in [6.45, 7) is -0.414. The van der Waals surface area contributed by atoms with Gasteiger partial charge in [0.2, 0.25) is 0 Å². The van der Waals surface area contributed by atoms with Crippen LogP contribution in [0.5, 0.6) is 0 Å². The van der Waals surface area contributed by atoms with Crippen LogP contribution in [0.2, 0.25) is 0 Å². The number of hydrogen-bond donors (Lipinski definition) is 0. The molecule has 6 nitrogen and oxygen atoms in total. The molecular formula is C56H35BN6. The maximum absolute atomic E-state index is 10.8. The standard InChI is InChI=1S/C56H35BN6/c58-36-38-17-15-27-46-47-28-16-18-39(37-59)55(47)63(54(38)46)57-50-29-13-14-30-53(50)62-52-32-31-44(60(40-19-5-1-6-20-40)41-21-7-2-8-22-41)33-48(52)49-34-45(35-51(57)56(49)62)61(42-23-9-3-10-24-42)43-25-11-4-12-26-43/h1-35H. The second-order valence-electron chi connectivity index (χ2n) is 15.9. The summed E-state index contributed by atoms with van der Waals surface area (Å²) in [5.41, 5.74) is 14.3. The van der Waals surface area contributed by atoms with E-state index in [4.69, 9.17) is 0 Å². The Morgan fingerprint density at radius 2 is 0.841 bits per heavy atom. The fraction of sp³-hybridized carbons (Fsp3) is 0. The van der Waals surface area contributed by atoms with Gasteiger partial charge in [-0.05, 0) is 108 Å². The average molecular weight is 803 g/mol. The molecule has 0 saturated carbocycles. The van der Waals surface area contributed by atoms with Crippen LogP contribution in [0, 0.1) is 22.7 Å². The highest BCUT2D eigenvalue weighted by Gasteiger charge is 2.38. The molecule has 1 aliphatic rings. The minimum Gasteiger partial charge on any atom is -0.374 e. The first-order valence-electron chi connectivity index (χ1n) is 21.1. The molecule has 0 spiro atoms. The van der Waals surface area contributed by atoms with Crippen molar-refractivity contribution in [1.29, 1.82) is 10.5 Å². The van der Waals surface area contributed by atoms with Crippen LogP contribution in [-0.4, -0.2) is 15.9 Å². The Bertz CT molecular complexity index is 3510. The number of hydrogen-bond acceptors (Lipinski definition) is 4. The van der Waals surface area contributed by atoms with E-state index in [0.717, 1.165) is 94.3 Å². The zero-order valence-corrected chi connectivity index (χ0v) is 34.0. The monoisotopic (exact) mass is 802 g/mol. The van der Waals surface area contributed by atoms with Crippen molar-refractivity contribution in [2.24, 2.45) is 0 Å². The minimum absolute atomic E-state index is 0.414. The Kier molecular flexibility index (Phi) is 8.28. The molecule has 0 aliphatic carbocycles. The van der Waals surface area contributed by atoms with Gasteiger partial charge in [0.15, 0.2) is 0 Å². The molecule has 0 radical (unpaired) electrons. The molecule has 63 heavy (non-hydrogen) atoms. The quantitative estimate of drug-likeness (QED) is 0.151. The molecule has 292 valence electrons. The molecule has 0 N–H and O–H groups in total. The smallest absolute Gasteiger partial charge is 0.332 e. The highest BCUT2D eigenvalue weighted by Crippen LogP contribution is 2.44. The Labute approximate surface area is 364 Å². The van der Waals surface area contributed by atoms with Crippen LogP contribution < -0.4 is 20.7 Å². The third-order valence-electron chi connectivity index (χ3n) is 12.5.